The van der Waals surface area contributed by atoms with Crippen molar-refractivity contribution in [2.75, 3.05) is 18.0 Å². The number of anilines is 1. The van der Waals surface area contributed by atoms with Crippen LogP contribution in [-0.4, -0.2) is 23.3 Å². The van der Waals surface area contributed by atoms with Crippen LogP contribution in [0.5, 0.6) is 0 Å². The first-order chi connectivity index (χ1) is 6.77. The van der Waals surface area contributed by atoms with Crippen LogP contribution in [0.15, 0.2) is 12.3 Å². The average molecular weight is 191 g/mol. The Labute approximate surface area is 85.1 Å². The fourth-order valence-electron chi connectivity index (χ4n) is 1.79. The van der Waals surface area contributed by atoms with Crippen LogP contribution in [0.25, 0.3) is 0 Å². The number of rotatable bonds is 2. The van der Waals surface area contributed by atoms with Crippen LogP contribution in [0.4, 0.5) is 5.82 Å². The van der Waals surface area contributed by atoms with E-state index in [1.807, 2.05) is 6.20 Å². The van der Waals surface area contributed by atoms with Gasteiger partial charge in [0.1, 0.15) is 0 Å². The molecule has 0 atom stereocenters. The van der Waals surface area contributed by atoms with E-state index < -0.39 is 0 Å². The lowest BCUT2D eigenvalue weighted by Crippen LogP contribution is -2.19. The molecule has 0 N–H and O–H groups in total. The highest BCUT2D eigenvalue weighted by atomic mass is 15.3. The van der Waals surface area contributed by atoms with Crippen molar-refractivity contribution >= 4 is 5.82 Å². The molecule has 0 aliphatic carbocycles. The van der Waals surface area contributed by atoms with Crippen molar-refractivity contribution < 1.29 is 0 Å². The van der Waals surface area contributed by atoms with Gasteiger partial charge in [-0.3, -0.25) is 0 Å². The second-order valence-electron chi connectivity index (χ2n) is 4.20. The molecule has 1 saturated heterocycles. The molecule has 0 spiro atoms. The van der Waals surface area contributed by atoms with Gasteiger partial charge >= 0.3 is 0 Å². The predicted molar refractivity (Wildman–Crippen MR) is 57.6 cm³/mol. The van der Waals surface area contributed by atoms with Crippen molar-refractivity contribution in [3.05, 3.63) is 17.8 Å². The number of hydrogen-bond acceptors (Lipinski definition) is 3. The van der Waals surface area contributed by atoms with Gasteiger partial charge in [-0.05, 0) is 30.4 Å². The third-order valence-corrected chi connectivity index (χ3v) is 2.76. The lowest BCUT2D eigenvalue weighted by molar-refractivity contribution is 0.823. The summed E-state index contributed by atoms with van der Waals surface area (Å²) in [6, 6.07) is 2.17. The summed E-state index contributed by atoms with van der Waals surface area (Å²) in [6.07, 6.45) is 4.44. The molecule has 0 saturated carbocycles. The van der Waals surface area contributed by atoms with E-state index in [0.717, 1.165) is 18.9 Å². The summed E-state index contributed by atoms with van der Waals surface area (Å²) in [5, 5.41) is 8.24. The van der Waals surface area contributed by atoms with Gasteiger partial charge in [0.05, 0.1) is 6.20 Å². The largest absolute Gasteiger partial charge is 0.355 e. The molecule has 1 aliphatic heterocycles. The smallest absolute Gasteiger partial charge is 0.151 e. The van der Waals surface area contributed by atoms with E-state index in [1.54, 1.807) is 0 Å². The predicted octanol–water partition coefficient (Wildman–Crippen LogP) is 2.20. The Bertz CT molecular complexity index is 303. The van der Waals surface area contributed by atoms with Gasteiger partial charge in [-0.25, -0.2) is 0 Å². The highest BCUT2D eigenvalue weighted by molar-refractivity contribution is 5.40. The molecular weight excluding hydrogens is 174 g/mol. The van der Waals surface area contributed by atoms with Crippen molar-refractivity contribution in [3.8, 4) is 0 Å². The zero-order valence-electron chi connectivity index (χ0n) is 8.90. The highest BCUT2D eigenvalue weighted by Crippen LogP contribution is 2.21. The van der Waals surface area contributed by atoms with Crippen molar-refractivity contribution in [1.29, 1.82) is 0 Å². The molecule has 1 aliphatic rings. The van der Waals surface area contributed by atoms with Crippen molar-refractivity contribution in [3.63, 3.8) is 0 Å². The van der Waals surface area contributed by atoms with Gasteiger partial charge in [0.2, 0.25) is 0 Å². The maximum Gasteiger partial charge on any atom is 0.151 e. The van der Waals surface area contributed by atoms with Crippen LogP contribution in [0, 0.1) is 0 Å². The molecule has 14 heavy (non-hydrogen) atoms. The molecule has 0 bridgehead atoms. The van der Waals surface area contributed by atoms with Crippen molar-refractivity contribution in [2.45, 2.75) is 32.6 Å². The molecule has 0 unspecified atom stereocenters. The zero-order chi connectivity index (χ0) is 9.97. The Morgan fingerprint density at radius 2 is 2.00 bits per heavy atom. The normalized spacial score (nSPS) is 16.6. The Hall–Kier alpha value is -1.12. The zero-order valence-corrected chi connectivity index (χ0v) is 8.90. The van der Waals surface area contributed by atoms with Crippen LogP contribution in [0.3, 0.4) is 0 Å². The van der Waals surface area contributed by atoms with Gasteiger partial charge in [-0.15, -0.1) is 5.10 Å². The fraction of sp³-hybridized carbons (Fsp3) is 0.636. The maximum absolute atomic E-state index is 4.18. The van der Waals surface area contributed by atoms with E-state index >= 15 is 0 Å². The van der Waals surface area contributed by atoms with Crippen LogP contribution in [0.1, 0.15) is 38.2 Å². The Balaban J connectivity index is 2.21. The standard InChI is InChI=1S/C11H17N3/c1-9(2)10-7-11(13-12-8-10)14-5-3-4-6-14/h7-9H,3-6H2,1-2H3. The SMILES string of the molecule is CC(C)c1cnnc(N2CCCC2)c1. The minimum absolute atomic E-state index is 0.534. The third-order valence-electron chi connectivity index (χ3n) is 2.76. The summed E-state index contributed by atoms with van der Waals surface area (Å²) in [5.74, 6) is 1.58. The topological polar surface area (TPSA) is 29.0 Å². The minimum atomic E-state index is 0.534. The average Bonchev–Trinajstić information content (AvgIpc) is 2.71. The number of nitrogens with zero attached hydrogens (tertiary/aromatic N) is 3. The molecule has 76 valence electrons. The van der Waals surface area contributed by atoms with Gasteiger partial charge in [-0.2, -0.15) is 5.10 Å². The fourth-order valence-corrected chi connectivity index (χ4v) is 1.79. The Morgan fingerprint density at radius 3 is 2.64 bits per heavy atom. The van der Waals surface area contributed by atoms with Gasteiger partial charge in [0.15, 0.2) is 5.82 Å². The molecule has 0 amide bonds. The summed E-state index contributed by atoms with van der Waals surface area (Å²) in [7, 11) is 0. The first-order valence-corrected chi connectivity index (χ1v) is 5.35. The monoisotopic (exact) mass is 191 g/mol. The van der Waals surface area contributed by atoms with E-state index in [0.29, 0.717) is 5.92 Å². The van der Waals surface area contributed by atoms with Crippen LogP contribution in [-0.2, 0) is 0 Å². The quantitative estimate of drug-likeness (QED) is 0.717. The molecule has 0 radical (unpaired) electrons. The van der Waals surface area contributed by atoms with E-state index in [4.69, 9.17) is 0 Å². The van der Waals surface area contributed by atoms with E-state index in [1.165, 1.54) is 18.4 Å². The maximum atomic E-state index is 4.18. The summed E-state index contributed by atoms with van der Waals surface area (Å²) in [4.78, 5) is 2.32. The molecule has 2 heterocycles. The van der Waals surface area contributed by atoms with Crippen molar-refractivity contribution in [2.24, 2.45) is 0 Å². The Kier molecular flexibility index (Phi) is 2.66. The molecule has 2 rings (SSSR count). The van der Waals surface area contributed by atoms with E-state index in [-0.39, 0.29) is 0 Å². The molecule has 3 heteroatoms. The number of hydrogen-bond donors (Lipinski definition) is 0. The molecule has 1 aromatic heterocycles. The first-order valence-electron chi connectivity index (χ1n) is 5.35. The van der Waals surface area contributed by atoms with Crippen LogP contribution < -0.4 is 4.90 Å². The lowest BCUT2D eigenvalue weighted by Gasteiger charge is -2.16. The second-order valence-corrected chi connectivity index (χ2v) is 4.20. The molecule has 1 fully saturated rings. The molecule has 0 aromatic carbocycles. The third kappa shape index (κ3) is 1.86. The molecule has 3 nitrogen and oxygen atoms in total. The van der Waals surface area contributed by atoms with Crippen LogP contribution >= 0.6 is 0 Å². The molecule has 1 aromatic rings. The van der Waals surface area contributed by atoms with Gasteiger partial charge in [0, 0.05) is 13.1 Å². The van der Waals surface area contributed by atoms with E-state index in [2.05, 4.69) is 35.0 Å². The number of aromatic nitrogens is 2. The lowest BCUT2D eigenvalue weighted by atomic mass is 10.1. The minimum Gasteiger partial charge on any atom is -0.355 e. The second kappa shape index (κ2) is 3.95. The van der Waals surface area contributed by atoms with Gasteiger partial charge < -0.3 is 4.90 Å². The van der Waals surface area contributed by atoms with Gasteiger partial charge in [-0.1, -0.05) is 13.8 Å². The summed E-state index contributed by atoms with van der Waals surface area (Å²) < 4.78 is 0. The van der Waals surface area contributed by atoms with E-state index in [9.17, 15) is 0 Å². The summed E-state index contributed by atoms with van der Waals surface area (Å²) in [6.45, 7) is 6.64. The first kappa shape index (κ1) is 9.44. The summed E-state index contributed by atoms with van der Waals surface area (Å²) in [5.41, 5.74) is 1.28. The molecular formula is C11H17N3. The Morgan fingerprint density at radius 1 is 1.29 bits per heavy atom. The van der Waals surface area contributed by atoms with Crippen LogP contribution in [0.2, 0.25) is 0 Å². The highest BCUT2D eigenvalue weighted by Gasteiger charge is 2.14. The van der Waals surface area contributed by atoms with Crippen molar-refractivity contribution in [1.82, 2.24) is 10.2 Å². The van der Waals surface area contributed by atoms with Gasteiger partial charge in [0.25, 0.3) is 0 Å². The summed E-state index contributed by atoms with van der Waals surface area (Å²) >= 11 is 0.